The van der Waals surface area contributed by atoms with Gasteiger partial charge in [-0.15, -0.1) is 0 Å². The fourth-order valence-electron chi connectivity index (χ4n) is 2.88. The molecule has 0 atom stereocenters. The van der Waals surface area contributed by atoms with Gasteiger partial charge >= 0.3 is 0 Å². The first-order valence-electron chi connectivity index (χ1n) is 7.62. The van der Waals surface area contributed by atoms with E-state index in [-0.39, 0.29) is 11.8 Å². The molecule has 1 aliphatic heterocycles. The molecule has 6 heteroatoms. The van der Waals surface area contributed by atoms with Gasteiger partial charge in [0.15, 0.2) is 5.69 Å². The lowest BCUT2D eigenvalue weighted by molar-refractivity contribution is -0.130. The number of fused-ring (bicyclic) bond motifs is 1. The van der Waals surface area contributed by atoms with Crippen molar-refractivity contribution in [1.82, 2.24) is 19.2 Å². The number of pyridine rings is 1. The van der Waals surface area contributed by atoms with Crippen molar-refractivity contribution >= 4 is 17.3 Å². The van der Waals surface area contributed by atoms with Crippen LogP contribution < -0.4 is 0 Å². The maximum Gasteiger partial charge on any atom is 0.274 e. The Morgan fingerprint density at radius 3 is 2.45 bits per heavy atom. The zero-order chi connectivity index (χ0) is 15.7. The van der Waals surface area contributed by atoms with Crippen molar-refractivity contribution in [1.29, 1.82) is 0 Å². The summed E-state index contributed by atoms with van der Waals surface area (Å²) in [6.07, 6.45) is 2.71. The summed E-state index contributed by atoms with van der Waals surface area (Å²) in [5.74, 6) is 0.903. The molecule has 116 valence electrons. The van der Waals surface area contributed by atoms with Crippen molar-refractivity contribution in [3.8, 4) is 0 Å². The van der Waals surface area contributed by atoms with Gasteiger partial charge in [-0.25, -0.2) is 4.98 Å². The standard InChI is InChI=1S/C16H20N4O2/c1-3-14-17-15(13-6-4-5-7-20(13)14)16(22)19-10-8-18(9-11-19)12(2)21/h4-7H,3,8-11H2,1-2H3. The van der Waals surface area contributed by atoms with Crippen LogP contribution in [0.4, 0.5) is 0 Å². The van der Waals surface area contributed by atoms with Crippen LogP contribution in [0.1, 0.15) is 30.2 Å². The summed E-state index contributed by atoms with van der Waals surface area (Å²) < 4.78 is 1.97. The number of amides is 2. The van der Waals surface area contributed by atoms with E-state index in [4.69, 9.17) is 0 Å². The van der Waals surface area contributed by atoms with Gasteiger partial charge in [0.05, 0.1) is 5.52 Å². The van der Waals surface area contributed by atoms with E-state index < -0.39 is 0 Å². The van der Waals surface area contributed by atoms with Crippen LogP contribution in [0, 0.1) is 0 Å². The van der Waals surface area contributed by atoms with Crippen LogP contribution >= 0.6 is 0 Å². The van der Waals surface area contributed by atoms with Crippen LogP contribution in [-0.2, 0) is 11.2 Å². The van der Waals surface area contributed by atoms with Crippen LogP contribution in [-0.4, -0.2) is 57.2 Å². The number of carbonyl (C=O) groups excluding carboxylic acids is 2. The fraction of sp³-hybridized carbons (Fsp3) is 0.438. The molecule has 3 heterocycles. The van der Waals surface area contributed by atoms with E-state index in [1.807, 2.05) is 35.7 Å². The van der Waals surface area contributed by atoms with Gasteiger partial charge in [0, 0.05) is 45.7 Å². The molecule has 6 nitrogen and oxygen atoms in total. The Bertz CT molecular complexity index is 714. The van der Waals surface area contributed by atoms with Crippen LogP contribution in [0.15, 0.2) is 24.4 Å². The van der Waals surface area contributed by atoms with Crippen molar-refractivity contribution in [3.63, 3.8) is 0 Å². The van der Waals surface area contributed by atoms with Gasteiger partial charge in [0.1, 0.15) is 5.82 Å². The monoisotopic (exact) mass is 300 g/mol. The molecule has 2 aromatic rings. The van der Waals surface area contributed by atoms with Gasteiger partial charge in [-0.1, -0.05) is 13.0 Å². The van der Waals surface area contributed by atoms with Gasteiger partial charge < -0.3 is 14.2 Å². The van der Waals surface area contributed by atoms with Gasteiger partial charge in [-0.2, -0.15) is 0 Å². The zero-order valence-electron chi connectivity index (χ0n) is 13.0. The lowest BCUT2D eigenvalue weighted by Gasteiger charge is -2.33. The van der Waals surface area contributed by atoms with E-state index in [1.54, 1.807) is 16.7 Å². The van der Waals surface area contributed by atoms with Crippen molar-refractivity contribution in [2.45, 2.75) is 20.3 Å². The summed E-state index contributed by atoms with van der Waals surface area (Å²) in [4.78, 5) is 32.2. The van der Waals surface area contributed by atoms with Crippen molar-refractivity contribution in [2.24, 2.45) is 0 Å². The van der Waals surface area contributed by atoms with E-state index in [0.717, 1.165) is 17.8 Å². The second kappa shape index (κ2) is 5.79. The van der Waals surface area contributed by atoms with Crippen molar-refractivity contribution in [3.05, 3.63) is 35.9 Å². The Morgan fingerprint density at radius 2 is 1.82 bits per heavy atom. The molecule has 0 unspecified atom stereocenters. The molecule has 22 heavy (non-hydrogen) atoms. The average Bonchev–Trinajstić information content (AvgIpc) is 2.93. The molecule has 0 bridgehead atoms. The number of rotatable bonds is 2. The molecule has 0 radical (unpaired) electrons. The summed E-state index contributed by atoms with van der Waals surface area (Å²) in [7, 11) is 0. The third-order valence-corrected chi connectivity index (χ3v) is 4.15. The van der Waals surface area contributed by atoms with Crippen LogP contribution in [0.5, 0.6) is 0 Å². The summed E-state index contributed by atoms with van der Waals surface area (Å²) >= 11 is 0. The fourth-order valence-corrected chi connectivity index (χ4v) is 2.88. The highest BCUT2D eigenvalue weighted by Crippen LogP contribution is 2.17. The Kier molecular flexibility index (Phi) is 3.83. The van der Waals surface area contributed by atoms with Crippen LogP contribution in [0.2, 0.25) is 0 Å². The molecule has 1 fully saturated rings. The normalized spacial score (nSPS) is 15.4. The second-order valence-electron chi connectivity index (χ2n) is 5.48. The van der Waals surface area contributed by atoms with Crippen LogP contribution in [0.3, 0.4) is 0 Å². The molecular formula is C16H20N4O2. The van der Waals surface area contributed by atoms with Crippen molar-refractivity contribution < 1.29 is 9.59 Å². The van der Waals surface area contributed by atoms with Crippen molar-refractivity contribution in [2.75, 3.05) is 26.2 Å². The topological polar surface area (TPSA) is 57.9 Å². The smallest absolute Gasteiger partial charge is 0.274 e. The molecule has 1 aliphatic rings. The molecule has 0 spiro atoms. The molecular weight excluding hydrogens is 280 g/mol. The minimum atomic E-state index is -0.0494. The number of imidazole rings is 1. The average molecular weight is 300 g/mol. The Balaban J connectivity index is 1.86. The highest BCUT2D eigenvalue weighted by molar-refractivity contribution is 5.99. The third kappa shape index (κ3) is 2.45. The summed E-state index contributed by atoms with van der Waals surface area (Å²) in [5, 5.41) is 0. The number of nitrogens with zero attached hydrogens (tertiary/aromatic N) is 4. The molecule has 0 saturated carbocycles. The number of piperazine rings is 1. The predicted octanol–water partition coefficient (Wildman–Crippen LogP) is 1.20. The van der Waals surface area contributed by atoms with E-state index in [9.17, 15) is 9.59 Å². The molecule has 2 amide bonds. The Labute approximate surface area is 129 Å². The first kappa shape index (κ1) is 14.6. The number of hydrogen-bond acceptors (Lipinski definition) is 3. The highest BCUT2D eigenvalue weighted by atomic mass is 16.2. The lowest BCUT2D eigenvalue weighted by atomic mass is 10.2. The first-order valence-corrected chi connectivity index (χ1v) is 7.62. The molecule has 3 rings (SSSR count). The minimum absolute atomic E-state index is 0.0494. The first-order chi connectivity index (χ1) is 10.6. The molecule has 0 aliphatic carbocycles. The quantitative estimate of drug-likeness (QED) is 0.837. The molecule has 2 aromatic heterocycles. The molecule has 1 saturated heterocycles. The maximum atomic E-state index is 12.8. The number of aromatic nitrogens is 2. The number of hydrogen-bond donors (Lipinski definition) is 0. The van der Waals surface area contributed by atoms with E-state index in [2.05, 4.69) is 4.98 Å². The third-order valence-electron chi connectivity index (χ3n) is 4.15. The summed E-state index contributed by atoms with van der Waals surface area (Å²) in [5.41, 5.74) is 1.35. The highest BCUT2D eigenvalue weighted by Gasteiger charge is 2.26. The Morgan fingerprint density at radius 1 is 1.14 bits per heavy atom. The van der Waals surface area contributed by atoms with E-state index >= 15 is 0 Å². The van der Waals surface area contributed by atoms with Gasteiger partial charge in [0.2, 0.25) is 5.91 Å². The lowest BCUT2D eigenvalue weighted by Crippen LogP contribution is -2.50. The minimum Gasteiger partial charge on any atom is -0.339 e. The predicted molar refractivity (Wildman–Crippen MR) is 82.7 cm³/mol. The zero-order valence-corrected chi connectivity index (χ0v) is 13.0. The Hall–Kier alpha value is -2.37. The summed E-state index contributed by atoms with van der Waals surface area (Å²) in [6, 6.07) is 5.78. The van der Waals surface area contributed by atoms with Gasteiger partial charge in [-0.05, 0) is 12.1 Å². The SMILES string of the molecule is CCc1nc(C(=O)N2CCN(C(C)=O)CC2)c2ccccn12. The molecule has 0 N–H and O–H groups in total. The van der Waals surface area contributed by atoms with Crippen LogP contribution in [0.25, 0.3) is 5.52 Å². The largest absolute Gasteiger partial charge is 0.339 e. The van der Waals surface area contributed by atoms with Gasteiger partial charge in [-0.3, -0.25) is 9.59 Å². The number of carbonyl (C=O) groups is 2. The maximum absolute atomic E-state index is 12.8. The summed E-state index contributed by atoms with van der Waals surface area (Å²) in [6.45, 7) is 5.90. The van der Waals surface area contributed by atoms with E-state index in [0.29, 0.717) is 31.9 Å². The second-order valence-corrected chi connectivity index (χ2v) is 5.48. The number of aryl methyl sites for hydroxylation is 1. The van der Waals surface area contributed by atoms with Gasteiger partial charge in [0.25, 0.3) is 5.91 Å². The molecule has 0 aromatic carbocycles. The van der Waals surface area contributed by atoms with E-state index in [1.165, 1.54) is 0 Å².